The average molecular weight is 300 g/mol. The van der Waals surface area contributed by atoms with Crippen LogP contribution in [-0.4, -0.2) is 54.4 Å². The molecule has 0 bridgehead atoms. The molecule has 0 saturated carbocycles. The number of nitrogens with zero attached hydrogens (tertiary/aromatic N) is 1. The zero-order chi connectivity index (χ0) is 15.0. The molecular weight excluding hydrogens is 284 g/mol. The maximum atomic E-state index is 11.7. The Morgan fingerprint density at radius 2 is 1.90 bits per heavy atom. The van der Waals surface area contributed by atoms with Gasteiger partial charge >= 0.3 is 0 Å². The Balaban J connectivity index is 2.47. The van der Waals surface area contributed by atoms with E-state index >= 15 is 0 Å². The first kappa shape index (κ1) is 14.6. The molecule has 1 saturated heterocycles. The fraction of sp³-hybridized carbons (Fsp3) is 0.455. The highest BCUT2D eigenvalue weighted by molar-refractivity contribution is 7.19. The Hall–Kier alpha value is -1.84. The summed E-state index contributed by atoms with van der Waals surface area (Å²) in [5, 5.41) is 22.0. The third-order valence-corrected chi connectivity index (χ3v) is 4.42. The molecule has 2 amide bonds. The van der Waals surface area contributed by atoms with Gasteiger partial charge in [-0.3, -0.25) is 9.59 Å². The van der Waals surface area contributed by atoms with Crippen molar-refractivity contribution >= 4 is 33.8 Å². The number of aliphatic hydroxyl groups is 2. The molecular formula is C11H16N4O4S. The van der Waals surface area contributed by atoms with E-state index in [4.69, 9.17) is 11.5 Å². The number of nitrogens with two attached hydrogens (primary N) is 2. The van der Waals surface area contributed by atoms with Gasteiger partial charge in [-0.2, -0.15) is 0 Å². The van der Waals surface area contributed by atoms with E-state index in [9.17, 15) is 19.8 Å². The van der Waals surface area contributed by atoms with Crippen LogP contribution in [0.1, 0.15) is 20.0 Å². The standard InChI is InChI=1S/C11H16N4O4S/c1-14-10(19)8-7(12)6(9(13)18)11(20-8)15-2-4(16)5(17)3-15/h4-5,16-17H,2-3,12H2,1H3,(H2,13,18)(H,14,19). The van der Waals surface area contributed by atoms with Gasteiger partial charge in [-0.25, -0.2) is 0 Å². The SMILES string of the molecule is CNC(=O)c1sc(N2CC(O)C(O)C2)c(C(N)=O)c1N. The maximum Gasteiger partial charge on any atom is 0.263 e. The Morgan fingerprint density at radius 1 is 1.35 bits per heavy atom. The van der Waals surface area contributed by atoms with Crippen molar-refractivity contribution in [2.45, 2.75) is 12.2 Å². The van der Waals surface area contributed by atoms with Crippen LogP contribution in [0.5, 0.6) is 0 Å². The summed E-state index contributed by atoms with van der Waals surface area (Å²) in [5.41, 5.74) is 11.2. The third-order valence-electron chi connectivity index (χ3n) is 3.15. The number of nitrogen functional groups attached to an aromatic ring is 1. The number of aliphatic hydroxyl groups excluding tert-OH is 2. The molecule has 2 rings (SSSR count). The first-order valence-corrected chi connectivity index (χ1v) is 6.73. The molecule has 8 nitrogen and oxygen atoms in total. The van der Waals surface area contributed by atoms with Crippen molar-refractivity contribution in [2.24, 2.45) is 5.73 Å². The third kappa shape index (κ3) is 2.30. The van der Waals surface area contributed by atoms with E-state index in [0.717, 1.165) is 11.3 Å². The van der Waals surface area contributed by atoms with Gasteiger partial charge in [0.1, 0.15) is 9.88 Å². The van der Waals surface area contributed by atoms with Crippen molar-refractivity contribution in [1.29, 1.82) is 0 Å². The Kier molecular flexibility index (Phi) is 3.84. The molecule has 2 atom stereocenters. The molecule has 0 aromatic carbocycles. The number of hydrogen-bond donors (Lipinski definition) is 5. The highest BCUT2D eigenvalue weighted by Crippen LogP contribution is 2.39. The molecule has 9 heteroatoms. The molecule has 1 aliphatic heterocycles. The molecule has 1 fully saturated rings. The van der Waals surface area contributed by atoms with Crippen molar-refractivity contribution in [3.63, 3.8) is 0 Å². The minimum atomic E-state index is -0.914. The van der Waals surface area contributed by atoms with E-state index in [1.54, 1.807) is 4.90 Å². The Morgan fingerprint density at radius 3 is 2.35 bits per heavy atom. The highest BCUT2D eigenvalue weighted by Gasteiger charge is 2.34. The van der Waals surface area contributed by atoms with E-state index in [1.165, 1.54) is 7.05 Å². The van der Waals surface area contributed by atoms with Crippen LogP contribution in [0.15, 0.2) is 0 Å². The second-order valence-electron chi connectivity index (χ2n) is 4.51. The second kappa shape index (κ2) is 5.27. The summed E-state index contributed by atoms with van der Waals surface area (Å²) in [4.78, 5) is 25.1. The molecule has 0 radical (unpaired) electrons. The predicted octanol–water partition coefficient (Wildman–Crippen LogP) is -1.67. The van der Waals surface area contributed by atoms with E-state index in [2.05, 4.69) is 5.32 Å². The summed E-state index contributed by atoms with van der Waals surface area (Å²) in [6, 6.07) is 0. The molecule has 20 heavy (non-hydrogen) atoms. The number of primary amides is 1. The van der Waals surface area contributed by atoms with Crippen LogP contribution in [0.25, 0.3) is 0 Å². The average Bonchev–Trinajstić information content (AvgIpc) is 2.90. The number of nitrogens with one attached hydrogen (secondary N) is 1. The molecule has 7 N–H and O–H groups in total. The first-order valence-electron chi connectivity index (χ1n) is 5.92. The fourth-order valence-electron chi connectivity index (χ4n) is 2.11. The Bertz CT molecular complexity index is 549. The van der Waals surface area contributed by atoms with E-state index in [-0.39, 0.29) is 29.2 Å². The largest absolute Gasteiger partial charge is 0.397 e. The Labute approximate surface area is 119 Å². The van der Waals surface area contributed by atoms with Crippen LogP contribution in [0.4, 0.5) is 10.7 Å². The minimum Gasteiger partial charge on any atom is -0.397 e. The summed E-state index contributed by atoms with van der Waals surface area (Å²) in [6.45, 7) is 0.295. The summed E-state index contributed by atoms with van der Waals surface area (Å²) in [5.74, 6) is -1.17. The second-order valence-corrected chi connectivity index (χ2v) is 5.51. The van der Waals surface area contributed by atoms with E-state index in [0.29, 0.717) is 5.00 Å². The van der Waals surface area contributed by atoms with Crippen LogP contribution >= 0.6 is 11.3 Å². The van der Waals surface area contributed by atoms with E-state index < -0.39 is 24.0 Å². The van der Waals surface area contributed by atoms with Gasteiger partial charge in [-0.15, -0.1) is 11.3 Å². The van der Waals surface area contributed by atoms with Crippen LogP contribution in [0.2, 0.25) is 0 Å². The number of hydrogen-bond acceptors (Lipinski definition) is 7. The molecule has 0 aliphatic carbocycles. The lowest BCUT2D eigenvalue weighted by molar-refractivity contribution is 0.0572. The molecule has 110 valence electrons. The van der Waals surface area contributed by atoms with Gasteiger partial charge in [-0.05, 0) is 0 Å². The van der Waals surface area contributed by atoms with Crippen LogP contribution in [-0.2, 0) is 0 Å². The number of thiophene rings is 1. The molecule has 2 unspecified atom stereocenters. The number of carbonyl (C=O) groups is 2. The summed E-state index contributed by atoms with van der Waals surface area (Å²) in [6.07, 6.45) is -1.83. The number of amides is 2. The van der Waals surface area contributed by atoms with Crippen LogP contribution in [0, 0.1) is 0 Å². The van der Waals surface area contributed by atoms with Crippen molar-refractivity contribution in [3.8, 4) is 0 Å². The van der Waals surface area contributed by atoms with Crippen molar-refractivity contribution in [3.05, 3.63) is 10.4 Å². The first-order chi connectivity index (χ1) is 9.36. The van der Waals surface area contributed by atoms with Gasteiger partial charge in [0, 0.05) is 20.1 Å². The molecule has 0 spiro atoms. The minimum absolute atomic E-state index is 0.0210. The van der Waals surface area contributed by atoms with Gasteiger partial charge in [-0.1, -0.05) is 0 Å². The molecule has 2 heterocycles. The quantitative estimate of drug-likeness (QED) is 0.452. The molecule has 1 aromatic rings. The normalized spacial score (nSPS) is 22.1. The zero-order valence-corrected chi connectivity index (χ0v) is 11.6. The number of anilines is 2. The topological polar surface area (TPSA) is 142 Å². The number of rotatable bonds is 3. The predicted molar refractivity (Wildman–Crippen MR) is 74.9 cm³/mol. The maximum absolute atomic E-state index is 11.7. The fourth-order valence-corrected chi connectivity index (χ4v) is 3.30. The lowest BCUT2D eigenvalue weighted by Gasteiger charge is -2.16. The summed E-state index contributed by atoms with van der Waals surface area (Å²) in [7, 11) is 1.45. The summed E-state index contributed by atoms with van der Waals surface area (Å²) < 4.78 is 0. The van der Waals surface area contributed by atoms with Gasteiger partial charge in [0.15, 0.2) is 0 Å². The van der Waals surface area contributed by atoms with Crippen molar-refractivity contribution < 1.29 is 19.8 Å². The van der Waals surface area contributed by atoms with Crippen LogP contribution in [0.3, 0.4) is 0 Å². The monoisotopic (exact) mass is 300 g/mol. The smallest absolute Gasteiger partial charge is 0.263 e. The molecule has 1 aromatic heterocycles. The number of β-amino-alcohol motifs (C(OH)–C–C–N with tert-alkyl or cyclic N) is 2. The lowest BCUT2D eigenvalue weighted by atomic mass is 10.2. The van der Waals surface area contributed by atoms with Gasteiger partial charge in [0.05, 0.1) is 23.5 Å². The van der Waals surface area contributed by atoms with Gasteiger partial charge in [0.2, 0.25) is 0 Å². The van der Waals surface area contributed by atoms with Crippen molar-refractivity contribution in [1.82, 2.24) is 5.32 Å². The van der Waals surface area contributed by atoms with Crippen LogP contribution < -0.4 is 21.7 Å². The number of carbonyl (C=O) groups excluding carboxylic acids is 2. The van der Waals surface area contributed by atoms with Gasteiger partial charge < -0.3 is 31.9 Å². The molecule has 1 aliphatic rings. The summed E-state index contributed by atoms with van der Waals surface area (Å²) >= 11 is 1.01. The zero-order valence-electron chi connectivity index (χ0n) is 10.8. The highest BCUT2D eigenvalue weighted by atomic mass is 32.1. The van der Waals surface area contributed by atoms with Gasteiger partial charge in [0.25, 0.3) is 11.8 Å². The van der Waals surface area contributed by atoms with E-state index in [1.807, 2.05) is 0 Å². The van der Waals surface area contributed by atoms with Crippen molar-refractivity contribution in [2.75, 3.05) is 30.8 Å². The lowest BCUT2D eigenvalue weighted by Crippen LogP contribution is -2.24.